The molecule has 1 aromatic rings. The highest BCUT2D eigenvalue weighted by atomic mass is 32.2. The van der Waals surface area contributed by atoms with Crippen molar-refractivity contribution in [2.24, 2.45) is 5.73 Å². The summed E-state index contributed by atoms with van der Waals surface area (Å²) in [4.78, 5) is 15.6. The third-order valence-corrected chi connectivity index (χ3v) is 5.25. The van der Waals surface area contributed by atoms with E-state index in [1.54, 1.807) is 18.8 Å². The van der Waals surface area contributed by atoms with Crippen molar-refractivity contribution >= 4 is 39.7 Å². The van der Waals surface area contributed by atoms with Gasteiger partial charge in [0, 0.05) is 26.2 Å². The molecule has 1 aliphatic heterocycles. The average Bonchev–Trinajstić information content (AvgIpc) is 2.92. The molecule has 0 aliphatic carbocycles. The van der Waals surface area contributed by atoms with Gasteiger partial charge in [0.25, 0.3) is 5.91 Å². The largest absolute Gasteiger partial charge is 0.396 e. The van der Waals surface area contributed by atoms with Gasteiger partial charge in [-0.05, 0) is 12.7 Å². The van der Waals surface area contributed by atoms with Crippen LogP contribution in [0.4, 0.5) is 10.7 Å². The highest BCUT2D eigenvalue weighted by Gasteiger charge is 2.27. The van der Waals surface area contributed by atoms with Crippen LogP contribution in [-0.2, 0) is 0 Å². The van der Waals surface area contributed by atoms with Crippen molar-refractivity contribution in [2.45, 2.75) is 17.4 Å². The predicted octanol–water partition coefficient (Wildman–Crippen LogP) is 0.949. The number of amides is 1. The Labute approximate surface area is 115 Å². The summed E-state index contributed by atoms with van der Waals surface area (Å²) in [5.41, 5.74) is 12.6. The maximum Gasteiger partial charge on any atom is 0.263 e. The maximum atomic E-state index is 11.8. The van der Waals surface area contributed by atoms with Gasteiger partial charge >= 0.3 is 0 Å². The van der Waals surface area contributed by atoms with Crippen LogP contribution in [0.1, 0.15) is 16.1 Å². The third kappa shape index (κ3) is 2.30. The Hall–Kier alpha value is -0.920. The van der Waals surface area contributed by atoms with Gasteiger partial charge < -0.3 is 21.7 Å². The van der Waals surface area contributed by atoms with Gasteiger partial charge in [-0.1, -0.05) is 0 Å². The molecule has 2 rings (SSSR count). The van der Waals surface area contributed by atoms with Crippen molar-refractivity contribution in [2.75, 3.05) is 37.0 Å². The number of thiophene rings is 1. The van der Waals surface area contributed by atoms with Crippen molar-refractivity contribution < 1.29 is 4.79 Å². The lowest BCUT2D eigenvalue weighted by Gasteiger charge is -2.17. The molecular weight excluding hydrogens is 268 g/mol. The van der Waals surface area contributed by atoms with Crippen LogP contribution in [0.25, 0.3) is 0 Å². The summed E-state index contributed by atoms with van der Waals surface area (Å²) in [6.07, 6.45) is 2.96. The van der Waals surface area contributed by atoms with Crippen LogP contribution < -0.4 is 21.7 Å². The Morgan fingerprint density at radius 1 is 1.61 bits per heavy atom. The monoisotopic (exact) mass is 286 g/mol. The lowest BCUT2D eigenvalue weighted by atomic mass is 10.3. The van der Waals surface area contributed by atoms with Gasteiger partial charge in [-0.15, -0.1) is 23.1 Å². The first kappa shape index (κ1) is 13.5. The van der Waals surface area contributed by atoms with Gasteiger partial charge in [0.15, 0.2) is 0 Å². The zero-order valence-electron chi connectivity index (χ0n) is 10.5. The first-order valence-electron chi connectivity index (χ1n) is 5.77. The molecule has 100 valence electrons. The van der Waals surface area contributed by atoms with E-state index in [0.29, 0.717) is 10.6 Å². The first-order chi connectivity index (χ1) is 8.58. The Balaban J connectivity index is 2.38. The fraction of sp³-hybridized carbons (Fsp3) is 0.545. The minimum absolute atomic E-state index is 0.123. The molecule has 0 bridgehead atoms. The van der Waals surface area contributed by atoms with Gasteiger partial charge in [-0.3, -0.25) is 4.79 Å². The zero-order valence-corrected chi connectivity index (χ0v) is 12.2. The van der Waals surface area contributed by atoms with Crippen LogP contribution >= 0.6 is 23.1 Å². The van der Waals surface area contributed by atoms with Crippen LogP contribution in [0.15, 0.2) is 4.90 Å². The summed E-state index contributed by atoms with van der Waals surface area (Å²) >= 11 is 3.04. The summed E-state index contributed by atoms with van der Waals surface area (Å²) < 4.78 is 0. The molecule has 2 heterocycles. The molecule has 7 heteroatoms. The Kier molecular flexibility index (Phi) is 4.04. The number of rotatable bonds is 3. The normalized spacial score (nSPS) is 19.3. The van der Waals surface area contributed by atoms with E-state index in [4.69, 9.17) is 11.5 Å². The third-order valence-electron chi connectivity index (χ3n) is 3.03. The van der Waals surface area contributed by atoms with Crippen molar-refractivity contribution in [3.8, 4) is 0 Å². The molecule has 1 unspecified atom stereocenters. The SMILES string of the molecule is CNC(=O)c1sc(N2CCC(N)C2)c(SC)c1N. The molecule has 1 aliphatic rings. The number of anilines is 2. The number of thioether (sulfide) groups is 1. The summed E-state index contributed by atoms with van der Waals surface area (Å²) in [6, 6.07) is 0.214. The number of carbonyl (C=O) groups excluding carboxylic acids is 1. The Morgan fingerprint density at radius 2 is 2.33 bits per heavy atom. The van der Waals surface area contributed by atoms with Crippen molar-refractivity contribution in [3.05, 3.63) is 4.88 Å². The molecule has 5 N–H and O–H groups in total. The Morgan fingerprint density at radius 3 is 2.83 bits per heavy atom. The summed E-state index contributed by atoms with van der Waals surface area (Å²) in [5, 5.41) is 3.70. The smallest absolute Gasteiger partial charge is 0.263 e. The molecule has 5 nitrogen and oxygen atoms in total. The number of nitrogens with zero attached hydrogens (tertiary/aromatic N) is 1. The van der Waals surface area contributed by atoms with E-state index in [0.717, 1.165) is 29.4 Å². The quantitative estimate of drug-likeness (QED) is 0.720. The van der Waals surface area contributed by atoms with Crippen LogP contribution in [-0.4, -0.2) is 38.3 Å². The number of hydrogen-bond acceptors (Lipinski definition) is 6. The predicted molar refractivity (Wildman–Crippen MR) is 78.7 cm³/mol. The zero-order chi connectivity index (χ0) is 13.3. The van der Waals surface area contributed by atoms with E-state index in [-0.39, 0.29) is 11.9 Å². The molecule has 0 aromatic carbocycles. The molecule has 1 atom stereocenters. The highest BCUT2D eigenvalue weighted by molar-refractivity contribution is 7.99. The van der Waals surface area contributed by atoms with Crippen LogP contribution in [0.3, 0.4) is 0 Å². The van der Waals surface area contributed by atoms with Crippen LogP contribution in [0.2, 0.25) is 0 Å². The van der Waals surface area contributed by atoms with E-state index >= 15 is 0 Å². The van der Waals surface area contributed by atoms with E-state index < -0.39 is 0 Å². The standard InChI is InChI=1S/C11H18N4OS2/c1-14-10(16)8-7(13)9(17-2)11(18-8)15-4-3-6(12)5-15/h6H,3-5,12-13H2,1-2H3,(H,14,16). The molecule has 18 heavy (non-hydrogen) atoms. The number of hydrogen-bond donors (Lipinski definition) is 3. The van der Waals surface area contributed by atoms with Crippen LogP contribution in [0.5, 0.6) is 0 Å². The molecule has 1 saturated heterocycles. The minimum Gasteiger partial charge on any atom is -0.396 e. The summed E-state index contributed by atoms with van der Waals surface area (Å²) in [6.45, 7) is 1.77. The second-order valence-electron chi connectivity index (χ2n) is 4.26. The van der Waals surface area contributed by atoms with Gasteiger partial charge in [0.1, 0.15) is 9.88 Å². The van der Waals surface area contributed by atoms with Crippen molar-refractivity contribution in [1.82, 2.24) is 5.32 Å². The van der Waals surface area contributed by atoms with Gasteiger partial charge in [0.05, 0.1) is 10.6 Å². The van der Waals surface area contributed by atoms with Crippen molar-refractivity contribution in [3.63, 3.8) is 0 Å². The topological polar surface area (TPSA) is 84.4 Å². The molecule has 1 fully saturated rings. The average molecular weight is 286 g/mol. The van der Waals surface area contributed by atoms with E-state index in [2.05, 4.69) is 10.2 Å². The van der Waals surface area contributed by atoms with E-state index in [1.165, 1.54) is 11.3 Å². The fourth-order valence-electron chi connectivity index (χ4n) is 2.08. The lowest BCUT2D eigenvalue weighted by Crippen LogP contribution is -2.26. The maximum absolute atomic E-state index is 11.8. The second kappa shape index (κ2) is 5.38. The molecule has 1 aromatic heterocycles. The summed E-state index contributed by atoms with van der Waals surface area (Å²) in [7, 11) is 1.62. The lowest BCUT2D eigenvalue weighted by molar-refractivity contribution is 0.0968. The highest BCUT2D eigenvalue weighted by Crippen LogP contribution is 2.44. The van der Waals surface area contributed by atoms with Crippen LogP contribution in [0, 0.1) is 0 Å². The van der Waals surface area contributed by atoms with Gasteiger partial charge in [-0.2, -0.15) is 0 Å². The first-order valence-corrected chi connectivity index (χ1v) is 7.81. The van der Waals surface area contributed by atoms with Gasteiger partial charge in [0.2, 0.25) is 0 Å². The molecular formula is C11H18N4OS2. The van der Waals surface area contributed by atoms with Gasteiger partial charge in [-0.25, -0.2) is 0 Å². The molecule has 0 saturated carbocycles. The molecule has 0 spiro atoms. The fourth-order valence-corrected chi connectivity index (χ4v) is 4.24. The number of carbonyl (C=O) groups is 1. The molecule has 0 radical (unpaired) electrons. The number of nitrogen functional groups attached to an aromatic ring is 1. The Bertz CT molecular complexity index is 460. The minimum atomic E-state index is -0.123. The molecule has 1 amide bonds. The van der Waals surface area contributed by atoms with E-state index in [1.807, 2.05) is 6.26 Å². The van der Waals surface area contributed by atoms with E-state index in [9.17, 15) is 4.79 Å². The van der Waals surface area contributed by atoms with Crippen molar-refractivity contribution in [1.29, 1.82) is 0 Å². The number of nitrogens with one attached hydrogen (secondary N) is 1. The summed E-state index contributed by atoms with van der Waals surface area (Å²) in [5.74, 6) is -0.123. The number of nitrogens with two attached hydrogens (primary N) is 2. The second-order valence-corrected chi connectivity index (χ2v) is 6.07.